The topological polar surface area (TPSA) is 76.4 Å². The lowest BCUT2D eigenvalue weighted by Gasteiger charge is -2.15. The maximum atomic E-state index is 11.8. The van der Waals surface area contributed by atoms with Crippen molar-refractivity contribution >= 4 is 29.2 Å². The summed E-state index contributed by atoms with van der Waals surface area (Å²) in [4.78, 5) is 12.9. The molecule has 0 fully saturated rings. The lowest BCUT2D eigenvalue weighted by molar-refractivity contribution is 0.0697. The van der Waals surface area contributed by atoms with Gasteiger partial charge in [-0.1, -0.05) is 32.9 Å². The maximum absolute atomic E-state index is 11.8. The fourth-order valence-corrected chi connectivity index (χ4v) is 3.48. The van der Waals surface area contributed by atoms with Crippen LogP contribution in [0, 0.1) is 0 Å². The number of hydrogen-bond acceptors (Lipinski definition) is 5. The molecule has 3 aromatic rings. The number of benzene rings is 2. The summed E-state index contributed by atoms with van der Waals surface area (Å²) in [5.74, 6) is 0.159. The number of thioether (sulfide) groups is 1. The van der Waals surface area contributed by atoms with Gasteiger partial charge in [-0.15, -0.1) is 11.8 Å². The Labute approximate surface area is 174 Å². The second kappa shape index (κ2) is 8.21. The maximum Gasteiger partial charge on any atom is 0.337 e. The minimum absolute atomic E-state index is 0.132. The molecular formula is C22H25N3O3S. The van der Waals surface area contributed by atoms with E-state index in [0.717, 1.165) is 16.3 Å². The average molecular weight is 412 g/mol. The van der Waals surface area contributed by atoms with Gasteiger partial charge in [0.05, 0.1) is 29.7 Å². The van der Waals surface area contributed by atoms with E-state index in [2.05, 4.69) is 26.1 Å². The van der Waals surface area contributed by atoms with Gasteiger partial charge in [-0.3, -0.25) is 0 Å². The first-order valence-electron chi connectivity index (χ1n) is 9.17. The standard InChI is InChI=1S/C22H25N3O3S/c1-22(2,3)19-13-20(25(24-19)17-8-6-7-9-18(17)29-5)23-16-11-10-14(28-4)12-15(16)21(26)27/h6-13,23H,1-5H3,(H,26,27). The molecule has 0 unspecified atom stereocenters. The van der Waals surface area contributed by atoms with Gasteiger partial charge in [0.2, 0.25) is 0 Å². The molecule has 1 aromatic heterocycles. The molecule has 0 saturated heterocycles. The van der Waals surface area contributed by atoms with E-state index in [4.69, 9.17) is 9.84 Å². The number of nitrogens with zero attached hydrogens (tertiary/aromatic N) is 2. The fraction of sp³-hybridized carbons (Fsp3) is 0.273. The summed E-state index contributed by atoms with van der Waals surface area (Å²) in [6, 6.07) is 14.9. The van der Waals surface area contributed by atoms with Crippen LogP contribution in [0.4, 0.5) is 11.5 Å². The molecule has 0 spiro atoms. The number of anilines is 2. The summed E-state index contributed by atoms with van der Waals surface area (Å²) in [6.45, 7) is 6.29. The van der Waals surface area contributed by atoms with Crippen LogP contribution in [0.2, 0.25) is 0 Å². The Kier molecular flexibility index (Phi) is 5.88. The predicted octanol–water partition coefficient (Wildman–Crippen LogP) is 5.34. The van der Waals surface area contributed by atoms with Crippen LogP contribution in [0.15, 0.2) is 53.4 Å². The normalized spacial score (nSPS) is 11.3. The summed E-state index contributed by atoms with van der Waals surface area (Å²) in [5, 5.41) is 17.7. The van der Waals surface area contributed by atoms with Crippen molar-refractivity contribution in [2.75, 3.05) is 18.7 Å². The van der Waals surface area contributed by atoms with E-state index in [1.165, 1.54) is 13.2 Å². The Morgan fingerprint density at radius 1 is 1.17 bits per heavy atom. The van der Waals surface area contributed by atoms with E-state index in [1.54, 1.807) is 23.9 Å². The summed E-state index contributed by atoms with van der Waals surface area (Å²) in [6.07, 6.45) is 2.02. The molecule has 2 N–H and O–H groups in total. The molecule has 152 valence electrons. The van der Waals surface area contributed by atoms with E-state index in [1.807, 2.05) is 41.3 Å². The zero-order valence-electron chi connectivity index (χ0n) is 17.2. The highest BCUT2D eigenvalue weighted by molar-refractivity contribution is 7.98. The number of carboxylic acid groups (broad SMARTS) is 1. The van der Waals surface area contributed by atoms with Gasteiger partial charge in [-0.05, 0) is 36.6 Å². The first-order valence-corrected chi connectivity index (χ1v) is 10.4. The number of para-hydroxylation sites is 1. The molecule has 0 aliphatic heterocycles. The van der Waals surface area contributed by atoms with Crippen molar-refractivity contribution in [2.45, 2.75) is 31.1 Å². The molecule has 7 heteroatoms. The first kappa shape index (κ1) is 20.8. The quantitative estimate of drug-likeness (QED) is 0.533. The predicted molar refractivity (Wildman–Crippen MR) is 117 cm³/mol. The number of aromatic nitrogens is 2. The molecule has 29 heavy (non-hydrogen) atoms. The minimum Gasteiger partial charge on any atom is -0.497 e. The monoisotopic (exact) mass is 411 g/mol. The van der Waals surface area contributed by atoms with Crippen LogP contribution in [-0.4, -0.2) is 34.2 Å². The second-order valence-corrected chi connectivity index (χ2v) is 8.44. The van der Waals surface area contributed by atoms with Crippen molar-refractivity contribution in [3.63, 3.8) is 0 Å². The average Bonchev–Trinajstić information content (AvgIpc) is 3.12. The van der Waals surface area contributed by atoms with Gasteiger partial charge in [0.1, 0.15) is 11.6 Å². The van der Waals surface area contributed by atoms with E-state index in [-0.39, 0.29) is 11.0 Å². The smallest absolute Gasteiger partial charge is 0.337 e. The fourth-order valence-electron chi connectivity index (χ4n) is 2.90. The van der Waals surface area contributed by atoms with Crippen molar-refractivity contribution in [2.24, 2.45) is 0 Å². The number of ether oxygens (including phenoxy) is 1. The Morgan fingerprint density at radius 3 is 2.52 bits per heavy atom. The van der Waals surface area contributed by atoms with Crippen LogP contribution in [0.1, 0.15) is 36.8 Å². The Bertz CT molecular complexity index is 1040. The lowest BCUT2D eigenvalue weighted by Crippen LogP contribution is -2.12. The van der Waals surface area contributed by atoms with Crippen molar-refractivity contribution < 1.29 is 14.6 Å². The van der Waals surface area contributed by atoms with Crippen LogP contribution in [0.3, 0.4) is 0 Å². The van der Waals surface area contributed by atoms with Gasteiger partial charge in [-0.25, -0.2) is 9.48 Å². The van der Waals surface area contributed by atoms with Gasteiger partial charge in [-0.2, -0.15) is 5.10 Å². The number of hydrogen-bond donors (Lipinski definition) is 2. The molecule has 2 aromatic carbocycles. The van der Waals surface area contributed by atoms with Crippen molar-refractivity contribution in [3.8, 4) is 11.4 Å². The molecule has 0 aliphatic carbocycles. The Morgan fingerprint density at radius 2 is 1.90 bits per heavy atom. The summed E-state index contributed by atoms with van der Waals surface area (Å²) in [7, 11) is 1.51. The highest BCUT2D eigenvalue weighted by Gasteiger charge is 2.22. The molecule has 0 saturated carbocycles. The van der Waals surface area contributed by atoms with Crippen molar-refractivity contribution in [1.29, 1.82) is 0 Å². The van der Waals surface area contributed by atoms with Crippen molar-refractivity contribution in [1.82, 2.24) is 9.78 Å². The van der Waals surface area contributed by atoms with Crippen molar-refractivity contribution in [3.05, 3.63) is 59.8 Å². The largest absolute Gasteiger partial charge is 0.497 e. The van der Waals surface area contributed by atoms with E-state index < -0.39 is 5.97 Å². The third-order valence-corrected chi connectivity index (χ3v) is 5.30. The number of carboxylic acids is 1. The number of aromatic carboxylic acids is 1. The molecule has 0 bridgehead atoms. The molecular weight excluding hydrogens is 386 g/mol. The summed E-state index contributed by atoms with van der Waals surface area (Å²) in [5.41, 5.74) is 2.28. The highest BCUT2D eigenvalue weighted by Crippen LogP contribution is 2.33. The molecule has 6 nitrogen and oxygen atoms in total. The third-order valence-electron chi connectivity index (χ3n) is 4.51. The van der Waals surface area contributed by atoms with E-state index in [9.17, 15) is 9.90 Å². The number of nitrogens with one attached hydrogen (secondary N) is 1. The number of methoxy groups -OCH3 is 1. The molecule has 0 amide bonds. The highest BCUT2D eigenvalue weighted by atomic mass is 32.2. The lowest BCUT2D eigenvalue weighted by atomic mass is 9.92. The van der Waals surface area contributed by atoms with Gasteiger partial charge in [0.15, 0.2) is 0 Å². The SMILES string of the molecule is COc1ccc(Nc2cc(C(C)(C)C)nn2-c2ccccc2SC)c(C(=O)O)c1. The second-order valence-electron chi connectivity index (χ2n) is 7.59. The molecule has 3 rings (SSSR count). The van der Waals surface area contributed by atoms with Crippen LogP contribution < -0.4 is 10.1 Å². The zero-order valence-corrected chi connectivity index (χ0v) is 18.0. The summed E-state index contributed by atoms with van der Waals surface area (Å²) < 4.78 is 7.01. The van der Waals surface area contributed by atoms with Crippen LogP contribution in [-0.2, 0) is 5.41 Å². The van der Waals surface area contributed by atoms with E-state index in [0.29, 0.717) is 17.3 Å². The number of rotatable bonds is 6. The number of carbonyl (C=O) groups is 1. The van der Waals surface area contributed by atoms with Crippen LogP contribution >= 0.6 is 11.8 Å². The summed E-state index contributed by atoms with van der Waals surface area (Å²) >= 11 is 1.64. The molecule has 0 aliphatic rings. The Hall–Kier alpha value is -2.93. The van der Waals surface area contributed by atoms with E-state index >= 15 is 0 Å². The molecule has 0 radical (unpaired) electrons. The molecule has 0 atom stereocenters. The van der Waals surface area contributed by atoms with Gasteiger partial charge >= 0.3 is 5.97 Å². The van der Waals surface area contributed by atoms with Gasteiger partial charge < -0.3 is 15.2 Å². The minimum atomic E-state index is -1.03. The Balaban J connectivity index is 2.15. The zero-order chi connectivity index (χ0) is 21.2. The molecule has 1 heterocycles. The first-order chi connectivity index (χ1) is 13.7. The third kappa shape index (κ3) is 4.40. The van der Waals surface area contributed by atoms with Gasteiger partial charge in [0, 0.05) is 16.4 Å². The van der Waals surface area contributed by atoms with Crippen LogP contribution in [0.25, 0.3) is 5.69 Å². The van der Waals surface area contributed by atoms with Crippen LogP contribution in [0.5, 0.6) is 5.75 Å². The van der Waals surface area contributed by atoms with Gasteiger partial charge in [0.25, 0.3) is 0 Å².